The summed E-state index contributed by atoms with van der Waals surface area (Å²) < 4.78 is 46.8. The lowest BCUT2D eigenvalue weighted by Crippen LogP contribution is -2.16. The Hall–Kier alpha value is -0.430. The molecule has 13 heavy (non-hydrogen) atoms. The van der Waals surface area contributed by atoms with Gasteiger partial charge in [0.2, 0.25) is 0 Å². The third-order valence-electron chi connectivity index (χ3n) is 1.14. The van der Waals surface area contributed by atoms with Gasteiger partial charge in [-0.25, -0.2) is 4.21 Å². The number of hydrogen-bond donors (Lipinski definition) is 0. The second kappa shape index (κ2) is 3.75. The van der Waals surface area contributed by atoms with E-state index in [1.54, 1.807) is 0 Å². The first-order valence-corrected chi connectivity index (χ1v) is 4.95. The molecule has 1 unspecified atom stereocenters. The highest BCUT2D eigenvalue weighted by Crippen LogP contribution is 2.29. The van der Waals surface area contributed by atoms with Crippen molar-refractivity contribution in [2.75, 3.05) is 0 Å². The molecule has 2 nitrogen and oxygen atoms in total. The van der Waals surface area contributed by atoms with Gasteiger partial charge in [-0.2, -0.15) is 13.2 Å². The van der Waals surface area contributed by atoms with Gasteiger partial charge in [-0.3, -0.25) is 4.98 Å². The van der Waals surface area contributed by atoms with Crippen molar-refractivity contribution in [1.29, 1.82) is 0 Å². The van der Waals surface area contributed by atoms with Crippen LogP contribution >= 0.6 is 15.9 Å². The van der Waals surface area contributed by atoms with Gasteiger partial charge in [-0.05, 0) is 22.0 Å². The Morgan fingerprint density at radius 2 is 2.08 bits per heavy atom. The summed E-state index contributed by atoms with van der Waals surface area (Å²) in [5, 5.41) is 0. The Labute approximate surface area is 82.8 Å². The minimum Gasteiger partial charge on any atom is -0.263 e. The molecule has 7 heteroatoms. The zero-order valence-electron chi connectivity index (χ0n) is 6.01. The third kappa shape index (κ3) is 2.50. The highest BCUT2D eigenvalue weighted by atomic mass is 79.9. The number of alkyl halides is 3. The lowest BCUT2D eigenvalue weighted by molar-refractivity contribution is -0.0385. The van der Waals surface area contributed by atoms with Crippen molar-refractivity contribution in [1.82, 2.24) is 4.98 Å². The fraction of sp³-hybridized carbons (Fsp3) is 0.167. The Bertz CT molecular complexity index is 341. The summed E-state index contributed by atoms with van der Waals surface area (Å²) in [5.41, 5.74) is -4.74. The monoisotopic (exact) mass is 273 g/mol. The third-order valence-corrected chi connectivity index (χ3v) is 3.24. The van der Waals surface area contributed by atoms with Gasteiger partial charge in [0.05, 0.1) is 4.90 Å². The van der Waals surface area contributed by atoms with Crippen LogP contribution in [-0.4, -0.2) is 14.7 Å². The summed E-state index contributed by atoms with van der Waals surface area (Å²) in [7, 11) is -3.02. The largest absolute Gasteiger partial charge is 0.475 e. The first-order valence-electron chi connectivity index (χ1n) is 3.01. The quantitative estimate of drug-likeness (QED) is 0.787. The Balaban J connectivity index is 3.10. The van der Waals surface area contributed by atoms with Gasteiger partial charge in [-0.15, -0.1) is 0 Å². The van der Waals surface area contributed by atoms with E-state index in [1.807, 2.05) is 0 Å². The van der Waals surface area contributed by atoms with Crippen LogP contribution in [0.4, 0.5) is 13.2 Å². The number of halogens is 4. The molecule has 72 valence electrons. The minimum atomic E-state index is -4.74. The van der Waals surface area contributed by atoms with Crippen molar-refractivity contribution < 1.29 is 17.4 Å². The van der Waals surface area contributed by atoms with E-state index in [2.05, 4.69) is 20.9 Å². The predicted octanol–water partition coefficient (Wildman–Crippen LogP) is 2.47. The lowest BCUT2D eigenvalue weighted by atomic mass is 10.5. The SMILES string of the molecule is O=S(c1cnccc1Br)C(F)(F)F. The van der Waals surface area contributed by atoms with E-state index >= 15 is 0 Å². The highest BCUT2D eigenvalue weighted by Gasteiger charge is 2.39. The van der Waals surface area contributed by atoms with Crippen molar-refractivity contribution in [2.24, 2.45) is 0 Å². The van der Waals surface area contributed by atoms with Crippen LogP contribution in [0, 0.1) is 0 Å². The van der Waals surface area contributed by atoms with Crippen LogP contribution in [0.5, 0.6) is 0 Å². The average Bonchev–Trinajstić information content (AvgIpc) is 2.02. The molecule has 1 atom stereocenters. The number of nitrogens with zero attached hydrogens (tertiary/aromatic N) is 1. The average molecular weight is 274 g/mol. The van der Waals surface area contributed by atoms with Gasteiger partial charge in [0.15, 0.2) is 10.8 Å². The van der Waals surface area contributed by atoms with Crippen LogP contribution in [0.2, 0.25) is 0 Å². The standard InChI is InChI=1S/C6H3BrF3NOS/c7-4-1-2-11-3-5(4)13(12)6(8,9)10/h1-3H. The predicted molar refractivity (Wildman–Crippen MR) is 44.4 cm³/mol. The van der Waals surface area contributed by atoms with Crippen LogP contribution in [0.3, 0.4) is 0 Å². The normalized spacial score (nSPS) is 14.2. The van der Waals surface area contributed by atoms with E-state index in [0.29, 0.717) is 0 Å². The molecule has 0 saturated heterocycles. The molecule has 0 aromatic carbocycles. The van der Waals surface area contributed by atoms with E-state index in [4.69, 9.17) is 0 Å². The molecule has 0 bridgehead atoms. The van der Waals surface area contributed by atoms with Gasteiger partial charge < -0.3 is 0 Å². The van der Waals surface area contributed by atoms with Gasteiger partial charge in [0, 0.05) is 16.9 Å². The van der Waals surface area contributed by atoms with Gasteiger partial charge in [-0.1, -0.05) is 0 Å². The maximum atomic E-state index is 12.0. The molecule has 0 radical (unpaired) electrons. The van der Waals surface area contributed by atoms with E-state index in [-0.39, 0.29) is 9.37 Å². The van der Waals surface area contributed by atoms with Crippen molar-refractivity contribution in [3.05, 3.63) is 22.9 Å². The molecule has 0 aliphatic rings. The van der Waals surface area contributed by atoms with Crippen molar-refractivity contribution in [3.8, 4) is 0 Å². The number of rotatable bonds is 1. The summed E-state index contributed by atoms with van der Waals surface area (Å²) >= 11 is 2.86. The Kier molecular flexibility index (Phi) is 3.07. The van der Waals surface area contributed by atoms with Gasteiger partial charge in [0.1, 0.15) is 0 Å². The van der Waals surface area contributed by atoms with Crippen LogP contribution in [0.25, 0.3) is 0 Å². The summed E-state index contributed by atoms with van der Waals surface area (Å²) in [6.45, 7) is 0. The molecular formula is C6H3BrF3NOS. The van der Waals surface area contributed by atoms with Gasteiger partial charge >= 0.3 is 5.51 Å². The summed E-state index contributed by atoms with van der Waals surface area (Å²) in [6.07, 6.45) is 2.23. The smallest absolute Gasteiger partial charge is 0.263 e. The molecule has 0 saturated carbocycles. The van der Waals surface area contributed by atoms with E-state index < -0.39 is 16.3 Å². The van der Waals surface area contributed by atoms with Crippen LogP contribution in [0.15, 0.2) is 27.8 Å². The number of aromatic nitrogens is 1. The molecule has 0 amide bonds. The maximum Gasteiger partial charge on any atom is 0.475 e. The van der Waals surface area contributed by atoms with Crippen LogP contribution < -0.4 is 0 Å². The summed E-state index contributed by atoms with van der Waals surface area (Å²) in [4.78, 5) is 3.09. The lowest BCUT2D eigenvalue weighted by Gasteiger charge is -2.06. The molecular weight excluding hydrogens is 271 g/mol. The minimum absolute atomic E-state index is 0.137. The Morgan fingerprint density at radius 3 is 2.54 bits per heavy atom. The molecule has 0 aliphatic heterocycles. The van der Waals surface area contributed by atoms with E-state index in [9.17, 15) is 17.4 Å². The second-order valence-electron chi connectivity index (χ2n) is 2.02. The zero-order chi connectivity index (χ0) is 10.1. The zero-order valence-corrected chi connectivity index (χ0v) is 8.41. The molecule has 0 aliphatic carbocycles. The molecule has 1 aromatic heterocycles. The van der Waals surface area contributed by atoms with Crippen molar-refractivity contribution in [3.63, 3.8) is 0 Å². The van der Waals surface area contributed by atoms with E-state index in [0.717, 1.165) is 6.20 Å². The van der Waals surface area contributed by atoms with Gasteiger partial charge in [0.25, 0.3) is 0 Å². The number of pyridine rings is 1. The first kappa shape index (κ1) is 10.6. The van der Waals surface area contributed by atoms with Crippen molar-refractivity contribution >= 4 is 26.7 Å². The molecule has 0 spiro atoms. The van der Waals surface area contributed by atoms with E-state index in [1.165, 1.54) is 12.3 Å². The first-order chi connectivity index (χ1) is 5.93. The Morgan fingerprint density at radius 1 is 1.46 bits per heavy atom. The van der Waals surface area contributed by atoms with Crippen molar-refractivity contribution in [2.45, 2.75) is 10.4 Å². The maximum absolute atomic E-state index is 12.0. The highest BCUT2D eigenvalue weighted by molar-refractivity contribution is 9.10. The summed E-state index contributed by atoms with van der Waals surface area (Å²) in [5.74, 6) is 0. The molecule has 0 fully saturated rings. The van der Waals surface area contributed by atoms with Crippen LogP contribution in [-0.2, 0) is 10.8 Å². The second-order valence-corrected chi connectivity index (χ2v) is 4.32. The summed E-state index contributed by atoms with van der Waals surface area (Å²) in [6, 6.07) is 1.30. The molecule has 1 heterocycles. The molecule has 0 N–H and O–H groups in total. The number of hydrogen-bond acceptors (Lipinski definition) is 2. The fourth-order valence-electron chi connectivity index (χ4n) is 0.624. The van der Waals surface area contributed by atoms with Crippen LogP contribution in [0.1, 0.15) is 0 Å². The molecule has 1 rings (SSSR count). The topological polar surface area (TPSA) is 30.0 Å². The fourth-order valence-corrected chi connectivity index (χ4v) is 1.94. The molecule has 1 aromatic rings.